The fraction of sp³-hybridized carbons (Fsp3) is 0.267. The Morgan fingerprint density at radius 3 is 2.70 bits per heavy atom. The quantitative estimate of drug-likeness (QED) is 0.868. The second-order valence-electron chi connectivity index (χ2n) is 4.42. The van der Waals surface area contributed by atoms with Gasteiger partial charge < -0.3 is 14.5 Å². The molecule has 0 amide bonds. The van der Waals surface area contributed by atoms with Gasteiger partial charge in [-0.3, -0.25) is 0 Å². The van der Waals surface area contributed by atoms with Crippen molar-refractivity contribution in [1.82, 2.24) is 5.32 Å². The number of rotatable bonds is 4. The highest BCUT2D eigenvalue weighted by Gasteiger charge is 2.19. The highest BCUT2D eigenvalue weighted by atomic mass is 79.9. The van der Waals surface area contributed by atoms with E-state index in [1.165, 1.54) is 12.7 Å². The van der Waals surface area contributed by atoms with Crippen molar-refractivity contribution in [3.05, 3.63) is 57.5 Å². The second-order valence-corrected chi connectivity index (χ2v) is 5.28. The molecule has 20 heavy (non-hydrogen) atoms. The Morgan fingerprint density at radius 1 is 1.35 bits per heavy atom. The molecule has 2 aromatic rings. The zero-order chi connectivity index (χ0) is 14.7. The lowest BCUT2D eigenvalue weighted by molar-refractivity contribution is 0.0562. The van der Waals surface area contributed by atoms with E-state index in [1.807, 2.05) is 32.2 Å². The summed E-state index contributed by atoms with van der Waals surface area (Å²) in [5.41, 5.74) is 2.22. The molecule has 1 unspecified atom stereocenters. The second kappa shape index (κ2) is 6.24. The van der Waals surface area contributed by atoms with Crippen molar-refractivity contribution in [3.63, 3.8) is 0 Å². The van der Waals surface area contributed by atoms with Crippen LogP contribution in [0.3, 0.4) is 0 Å². The maximum absolute atomic E-state index is 11.4. The minimum absolute atomic E-state index is 0.120. The van der Waals surface area contributed by atoms with E-state index in [2.05, 4.69) is 26.0 Å². The lowest BCUT2D eigenvalue weighted by Gasteiger charge is -2.15. The fourth-order valence-corrected chi connectivity index (χ4v) is 2.38. The summed E-state index contributed by atoms with van der Waals surface area (Å²) in [5.74, 6) is 0.397. The van der Waals surface area contributed by atoms with Crippen LogP contribution in [0, 0.1) is 6.92 Å². The molecule has 0 bridgehead atoms. The van der Waals surface area contributed by atoms with Gasteiger partial charge in [-0.1, -0.05) is 28.1 Å². The van der Waals surface area contributed by atoms with Crippen molar-refractivity contribution in [1.29, 1.82) is 0 Å². The van der Waals surface area contributed by atoms with E-state index in [1.54, 1.807) is 12.1 Å². The monoisotopic (exact) mass is 337 g/mol. The number of methoxy groups -OCH3 is 1. The van der Waals surface area contributed by atoms with Gasteiger partial charge in [-0.15, -0.1) is 0 Å². The van der Waals surface area contributed by atoms with Gasteiger partial charge in [0.15, 0.2) is 0 Å². The number of aryl methyl sites for hydroxylation is 1. The first-order chi connectivity index (χ1) is 9.56. The van der Waals surface area contributed by atoms with Gasteiger partial charge in [0, 0.05) is 4.47 Å². The standard InChI is InChI=1S/C15H16BrNO3/c1-9-4-5-10(8-11(9)16)14(17-2)12-6-7-13(20-12)15(18)19-3/h4-8,14,17H,1-3H3. The number of halogens is 1. The zero-order valence-electron chi connectivity index (χ0n) is 11.6. The van der Waals surface area contributed by atoms with Crippen molar-refractivity contribution >= 4 is 21.9 Å². The van der Waals surface area contributed by atoms with Crippen LogP contribution < -0.4 is 5.32 Å². The summed E-state index contributed by atoms with van der Waals surface area (Å²) in [7, 11) is 3.18. The van der Waals surface area contributed by atoms with Crippen LogP contribution in [-0.2, 0) is 4.74 Å². The van der Waals surface area contributed by atoms with Gasteiger partial charge in [-0.2, -0.15) is 0 Å². The van der Waals surface area contributed by atoms with Crippen molar-refractivity contribution in [2.24, 2.45) is 0 Å². The van der Waals surface area contributed by atoms with Crippen LogP contribution in [0.5, 0.6) is 0 Å². The maximum Gasteiger partial charge on any atom is 0.373 e. The SMILES string of the molecule is CNC(c1ccc(C)c(Br)c1)c1ccc(C(=O)OC)o1. The van der Waals surface area contributed by atoms with E-state index >= 15 is 0 Å². The summed E-state index contributed by atoms with van der Waals surface area (Å²) in [6, 6.07) is 9.38. The average molecular weight is 338 g/mol. The predicted octanol–water partition coefficient (Wildman–Crippen LogP) is 3.45. The van der Waals surface area contributed by atoms with Gasteiger partial charge in [0.05, 0.1) is 13.2 Å². The summed E-state index contributed by atoms with van der Waals surface area (Å²) < 4.78 is 11.2. The molecule has 0 aliphatic rings. The first kappa shape index (κ1) is 14.8. The molecule has 0 fully saturated rings. The molecule has 2 rings (SSSR count). The van der Waals surface area contributed by atoms with Gasteiger partial charge in [-0.05, 0) is 43.3 Å². The van der Waals surface area contributed by atoms with Gasteiger partial charge in [0.25, 0.3) is 0 Å². The number of carbonyl (C=O) groups is 1. The van der Waals surface area contributed by atoms with E-state index < -0.39 is 5.97 Å². The molecule has 0 aliphatic carbocycles. The summed E-state index contributed by atoms with van der Waals surface area (Å²) in [6.07, 6.45) is 0. The molecular formula is C15H16BrNO3. The number of benzene rings is 1. The summed E-state index contributed by atoms with van der Waals surface area (Å²) in [5, 5.41) is 3.18. The molecule has 0 radical (unpaired) electrons. The smallest absolute Gasteiger partial charge is 0.373 e. The third kappa shape index (κ3) is 2.94. The number of ether oxygens (including phenoxy) is 1. The molecule has 4 nitrogen and oxygen atoms in total. The van der Waals surface area contributed by atoms with Crippen LogP contribution in [0.1, 0.15) is 33.5 Å². The van der Waals surface area contributed by atoms with E-state index in [0.29, 0.717) is 5.76 Å². The van der Waals surface area contributed by atoms with Gasteiger partial charge in [0.1, 0.15) is 5.76 Å². The van der Waals surface area contributed by atoms with E-state index in [0.717, 1.165) is 10.0 Å². The Kier molecular flexibility index (Phi) is 4.62. The Labute approximate surface area is 126 Å². The lowest BCUT2D eigenvalue weighted by Crippen LogP contribution is -2.17. The number of carbonyl (C=O) groups excluding carboxylic acids is 1. The topological polar surface area (TPSA) is 51.5 Å². The highest BCUT2D eigenvalue weighted by molar-refractivity contribution is 9.10. The van der Waals surface area contributed by atoms with E-state index in [4.69, 9.17) is 4.42 Å². The summed E-state index contributed by atoms with van der Waals surface area (Å²) in [6.45, 7) is 2.03. The molecule has 106 valence electrons. The molecule has 0 saturated heterocycles. The Bertz CT molecular complexity index is 621. The summed E-state index contributed by atoms with van der Waals surface area (Å²) >= 11 is 3.52. The van der Waals surface area contributed by atoms with Gasteiger partial charge in [0.2, 0.25) is 5.76 Å². The van der Waals surface area contributed by atoms with E-state index in [-0.39, 0.29) is 11.8 Å². The average Bonchev–Trinajstić information content (AvgIpc) is 2.92. The third-order valence-electron chi connectivity index (χ3n) is 3.12. The molecule has 1 atom stereocenters. The summed E-state index contributed by atoms with van der Waals surface area (Å²) in [4.78, 5) is 11.4. The lowest BCUT2D eigenvalue weighted by atomic mass is 10.0. The molecule has 0 saturated carbocycles. The fourth-order valence-electron chi connectivity index (χ4n) is 1.98. The molecule has 1 N–H and O–H groups in total. The van der Waals surface area contributed by atoms with Crippen LogP contribution in [0.2, 0.25) is 0 Å². The Balaban J connectivity index is 2.34. The maximum atomic E-state index is 11.4. The molecular weight excluding hydrogens is 322 g/mol. The van der Waals surface area contributed by atoms with Crippen molar-refractivity contribution in [2.45, 2.75) is 13.0 Å². The minimum Gasteiger partial charge on any atom is -0.463 e. The first-order valence-corrected chi connectivity index (χ1v) is 6.97. The van der Waals surface area contributed by atoms with Gasteiger partial charge in [-0.25, -0.2) is 4.79 Å². The van der Waals surface area contributed by atoms with Crippen LogP contribution in [-0.4, -0.2) is 20.1 Å². The number of esters is 1. The van der Waals surface area contributed by atoms with Crippen LogP contribution in [0.15, 0.2) is 39.2 Å². The Morgan fingerprint density at radius 2 is 2.10 bits per heavy atom. The third-order valence-corrected chi connectivity index (χ3v) is 3.97. The molecule has 5 heteroatoms. The van der Waals surface area contributed by atoms with Crippen LogP contribution in [0.25, 0.3) is 0 Å². The molecule has 0 spiro atoms. The molecule has 1 aromatic heterocycles. The normalized spacial score (nSPS) is 12.2. The number of furan rings is 1. The number of hydrogen-bond acceptors (Lipinski definition) is 4. The Hall–Kier alpha value is -1.59. The highest BCUT2D eigenvalue weighted by Crippen LogP contribution is 2.27. The predicted molar refractivity (Wildman–Crippen MR) is 79.8 cm³/mol. The van der Waals surface area contributed by atoms with Crippen molar-refractivity contribution in [2.75, 3.05) is 14.2 Å². The number of nitrogens with one attached hydrogen (secondary N) is 1. The molecule has 1 heterocycles. The number of hydrogen-bond donors (Lipinski definition) is 1. The van der Waals surface area contributed by atoms with E-state index in [9.17, 15) is 4.79 Å². The van der Waals surface area contributed by atoms with Crippen LogP contribution >= 0.6 is 15.9 Å². The molecule has 1 aromatic carbocycles. The largest absolute Gasteiger partial charge is 0.463 e. The molecule has 0 aliphatic heterocycles. The minimum atomic E-state index is -0.476. The van der Waals surface area contributed by atoms with Crippen LogP contribution in [0.4, 0.5) is 0 Å². The first-order valence-electron chi connectivity index (χ1n) is 6.18. The zero-order valence-corrected chi connectivity index (χ0v) is 13.2. The van der Waals surface area contributed by atoms with Gasteiger partial charge >= 0.3 is 5.97 Å². The van der Waals surface area contributed by atoms with Crippen molar-refractivity contribution < 1.29 is 13.9 Å². The van der Waals surface area contributed by atoms with Crippen molar-refractivity contribution in [3.8, 4) is 0 Å².